The Morgan fingerprint density at radius 1 is 1.43 bits per heavy atom. The van der Waals surface area contributed by atoms with Crippen LogP contribution in [0.1, 0.15) is 31.2 Å². The zero-order chi connectivity index (χ0) is 15.2. The molecule has 112 valence electrons. The zero-order valence-electron chi connectivity index (χ0n) is 11.9. The third-order valence-corrected chi connectivity index (χ3v) is 3.93. The smallest absolute Gasteiger partial charge is 0.353 e. The maximum atomic E-state index is 11.3. The molecule has 0 radical (unpaired) electrons. The predicted octanol–water partition coefficient (Wildman–Crippen LogP) is 3.44. The SMILES string of the molecule is CCCNc1ncnc(NC(C)c2cccs2)c1[N+](=O)[O-]. The number of hydrogen-bond donors (Lipinski definition) is 2. The lowest BCUT2D eigenvalue weighted by molar-refractivity contribution is -0.383. The van der Waals surface area contributed by atoms with Crippen LogP contribution in [-0.2, 0) is 0 Å². The average Bonchev–Trinajstić information content (AvgIpc) is 2.99. The number of nitro groups is 1. The van der Waals surface area contributed by atoms with Crippen LogP contribution < -0.4 is 10.6 Å². The molecule has 2 rings (SSSR count). The van der Waals surface area contributed by atoms with E-state index in [-0.39, 0.29) is 23.4 Å². The molecule has 0 saturated carbocycles. The van der Waals surface area contributed by atoms with Crippen LogP contribution in [0.3, 0.4) is 0 Å². The van der Waals surface area contributed by atoms with Gasteiger partial charge in [-0.1, -0.05) is 13.0 Å². The first-order valence-electron chi connectivity index (χ1n) is 6.66. The van der Waals surface area contributed by atoms with E-state index in [1.54, 1.807) is 11.3 Å². The Bertz CT molecular complexity index is 603. The maximum Gasteiger partial charge on any atom is 0.353 e. The molecule has 1 atom stereocenters. The summed E-state index contributed by atoms with van der Waals surface area (Å²) < 4.78 is 0. The number of hydrogen-bond acceptors (Lipinski definition) is 7. The molecule has 0 spiro atoms. The maximum absolute atomic E-state index is 11.3. The minimum Gasteiger partial charge on any atom is -0.364 e. The minimum absolute atomic E-state index is 0.0578. The van der Waals surface area contributed by atoms with Crippen LogP contribution in [0.15, 0.2) is 23.8 Å². The van der Waals surface area contributed by atoms with Crippen LogP contribution in [0.25, 0.3) is 0 Å². The van der Waals surface area contributed by atoms with E-state index < -0.39 is 4.92 Å². The lowest BCUT2D eigenvalue weighted by Gasteiger charge is -2.14. The first-order valence-corrected chi connectivity index (χ1v) is 7.54. The highest BCUT2D eigenvalue weighted by Crippen LogP contribution is 2.32. The molecule has 0 amide bonds. The third kappa shape index (κ3) is 3.66. The molecule has 0 saturated heterocycles. The largest absolute Gasteiger partial charge is 0.364 e. The summed E-state index contributed by atoms with van der Waals surface area (Å²) in [5, 5.41) is 19.3. The van der Waals surface area contributed by atoms with E-state index >= 15 is 0 Å². The molecule has 0 aliphatic rings. The Morgan fingerprint density at radius 2 is 2.19 bits per heavy atom. The van der Waals surface area contributed by atoms with Crippen LogP contribution >= 0.6 is 11.3 Å². The number of nitrogens with one attached hydrogen (secondary N) is 2. The van der Waals surface area contributed by atoms with E-state index in [1.807, 2.05) is 31.4 Å². The van der Waals surface area contributed by atoms with E-state index in [9.17, 15) is 10.1 Å². The molecule has 7 nitrogen and oxygen atoms in total. The fraction of sp³-hybridized carbons (Fsp3) is 0.385. The average molecular weight is 307 g/mol. The van der Waals surface area contributed by atoms with Gasteiger partial charge in [0, 0.05) is 11.4 Å². The van der Waals surface area contributed by atoms with Gasteiger partial charge in [0.2, 0.25) is 11.6 Å². The second-order valence-electron chi connectivity index (χ2n) is 4.48. The van der Waals surface area contributed by atoms with Crippen molar-refractivity contribution >= 4 is 28.7 Å². The summed E-state index contributed by atoms with van der Waals surface area (Å²) in [6.07, 6.45) is 2.18. The summed E-state index contributed by atoms with van der Waals surface area (Å²) in [6, 6.07) is 3.87. The van der Waals surface area contributed by atoms with Crippen LogP contribution in [0, 0.1) is 10.1 Å². The summed E-state index contributed by atoms with van der Waals surface area (Å²) in [7, 11) is 0. The predicted molar refractivity (Wildman–Crippen MR) is 83.8 cm³/mol. The van der Waals surface area contributed by atoms with Crippen molar-refractivity contribution in [2.24, 2.45) is 0 Å². The highest BCUT2D eigenvalue weighted by molar-refractivity contribution is 7.10. The van der Waals surface area contributed by atoms with Gasteiger partial charge in [0.15, 0.2) is 0 Å². The van der Waals surface area contributed by atoms with Crippen molar-refractivity contribution in [1.29, 1.82) is 0 Å². The number of rotatable bonds is 7. The van der Waals surface area contributed by atoms with Crippen molar-refractivity contribution in [1.82, 2.24) is 9.97 Å². The summed E-state index contributed by atoms with van der Waals surface area (Å²) in [6.45, 7) is 4.55. The summed E-state index contributed by atoms with van der Waals surface area (Å²) in [4.78, 5) is 19.9. The molecule has 0 aliphatic carbocycles. The standard InChI is InChI=1S/C13H17N5O2S/c1-3-6-14-12-11(18(19)20)13(16-8-15-12)17-9(2)10-5-4-7-21-10/h4-5,7-9H,3,6H2,1-2H3,(H2,14,15,16,17). The van der Waals surface area contributed by atoms with Gasteiger partial charge in [-0.15, -0.1) is 11.3 Å². The molecule has 2 aromatic heterocycles. The van der Waals surface area contributed by atoms with E-state index in [0.717, 1.165) is 11.3 Å². The minimum atomic E-state index is -0.457. The normalized spacial score (nSPS) is 11.9. The van der Waals surface area contributed by atoms with E-state index in [1.165, 1.54) is 6.33 Å². The van der Waals surface area contributed by atoms with E-state index in [0.29, 0.717) is 6.54 Å². The zero-order valence-corrected chi connectivity index (χ0v) is 12.7. The molecule has 2 N–H and O–H groups in total. The number of thiophene rings is 1. The monoisotopic (exact) mass is 307 g/mol. The fourth-order valence-corrected chi connectivity index (χ4v) is 2.58. The van der Waals surface area contributed by atoms with Gasteiger partial charge in [0.1, 0.15) is 6.33 Å². The lowest BCUT2D eigenvalue weighted by Crippen LogP contribution is -2.12. The van der Waals surface area contributed by atoms with Gasteiger partial charge in [0.05, 0.1) is 11.0 Å². The molecule has 0 aliphatic heterocycles. The van der Waals surface area contributed by atoms with Crippen LogP contribution in [0.4, 0.5) is 17.3 Å². The summed E-state index contributed by atoms with van der Waals surface area (Å²) >= 11 is 1.59. The quantitative estimate of drug-likeness (QED) is 0.601. The van der Waals surface area contributed by atoms with Crippen molar-refractivity contribution in [3.05, 3.63) is 38.8 Å². The molecule has 2 heterocycles. The number of anilines is 2. The van der Waals surface area contributed by atoms with Crippen molar-refractivity contribution in [3.63, 3.8) is 0 Å². The molecular formula is C13H17N5O2S. The number of aromatic nitrogens is 2. The highest BCUT2D eigenvalue weighted by Gasteiger charge is 2.24. The van der Waals surface area contributed by atoms with Crippen molar-refractivity contribution in [3.8, 4) is 0 Å². The molecule has 2 aromatic rings. The van der Waals surface area contributed by atoms with Crippen LogP contribution in [-0.4, -0.2) is 21.4 Å². The van der Waals surface area contributed by atoms with E-state index in [2.05, 4.69) is 20.6 Å². The van der Waals surface area contributed by atoms with Gasteiger partial charge < -0.3 is 10.6 Å². The molecule has 0 bridgehead atoms. The van der Waals surface area contributed by atoms with Gasteiger partial charge in [0.25, 0.3) is 0 Å². The fourth-order valence-electron chi connectivity index (χ4n) is 1.84. The Morgan fingerprint density at radius 3 is 2.81 bits per heavy atom. The first-order chi connectivity index (χ1) is 10.1. The summed E-state index contributed by atoms with van der Waals surface area (Å²) in [5.74, 6) is 0.479. The van der Waals surface area contributed by atoms with Gasteiger partial charge in [-0.25, -0.2) is 9.97 Å². The van der Waals surface area contributed by atoms with Gasteiger partial charge in [-0.3, -0.25) is 10.1 Å². The Hall–Kier alpha value is -2.22. The van der Waals surface area contributed by atoms with Crippen molar-refractivity contribution in [2.45, 2.75) is 26.3 Å². The molecule has 0 aromatic carbocycles. The highest BCUT2D eigenvalue weighted by atomic mass is 32.1. The molecular weight excluding hydrogens is 290 g/mol. The van der Waals surface area contributed by atoms with E-state index in [4.69, 9.17) is 0 Å². The second-order valence-corrected chi connectivity index (χ2v) is 5.46. The van der Waals surface area contributed by atoms with Crippen molar-refractivity contribution in [2.75, 3.05) is 17.2 Å². The van der Waals surface area contributed by atoms with Gasteiger partial charge >= 0.3 is 5.69 Å². The molecule has 0 fully saturated rings. The second kappa shape index (κ2) is 6.98. The van der Waals surface area contributed by atoms with Gasteiger partial charge in [-0.05, 0) is 24.8 Å². The topological polar surface area (TPSA) is 93.0 Å². The van der Waals surface area contributed by atoms with Crippen LogP contribution in [0.5, 0.6) is 0 Å². The van der Waals surface area contributed by atoms with Crippen molar-refractivity contribution < 1.29 is 4.92 Å². The Labute approximate surface area is 126 Å². The third-order valence-electron chi connectivity index (χ3n) is 2.87. The first kappa shape index (κ1) is 15.2. The molecule has 21 heavy (non-hydrogen) atoms. The Kier molecular flexibility index (Phi) is 5.04. The number of nitrogens with zero attached hydrogens (tertiary/aromatic N) is 3. The van der Waals surface area contributed by atoms with Crippen LogP contribution in [0.2, 0.25) is 0 Å². The summed E-state index contributed by atoms with van der Waals surface area (Å²) in [5.41, 5.74) is -0.116. The lowest BCUT2D eigenvalue weighted by atomic mass is 10.2. The van der Waals surface area contributed by atoms with Gasteiger partial charge in [-0.2, -0.15) is 0 Å². The Balaban J connectivity index is 2.27. The molecule has 1 unspecified atom stereocenters. The molecule has 8 heteroatoms.